The molecule has 4 heteroatoms. The Bertz CT molecular complexity index is 491. The predicted octanol–water partition coefficient (Wildman–Crippen LogP) is 3.16. The predicted molar refractivity (Wildman–Crippen MR) is 50.2 cm³/mol. The lowest BCUT2D eigenvalue weighted by molar-refractivity contribution is -0.286. The van der Waals surface area contributed by atoms with Crippen LogP contribution in [0.15, 0.2) is 36.4 Å². The van der Waals surface area contributed by atoms with Gasteiger partial charge in [-0.3, -0.25) is 0 Å². The van der Waals surface area contributed by atoms with Gasteiger partial charge in [0.1, 0.15) is 0 Å². The zero-order valence-electron chi connectivity index (χ0n) is 7.54. The van der Waals surface area contributed by atoms with Gasteiger partial charge in [0.25, 0.3) is 0 Å². The molecule has 1 heterocycles. The second-order valence-corrected chi connectivity index (χ2v) is 3.31. The SMILES string of the molecule is FC1(F)Oc2cc3ccccc3cc2O1. The van der Waals surface area contributed by atoms with Gasteiger partial charge in [0, 0.05) is 0 Å². The Morgan fingerprint density at radius 3 is 1.80 bits per heavy atom. The summed E-state index contributed by atoms with van der Waals surface area (Å²) in [5, 5.41) is 1.69. The fourth-order valence-electron chi connectivity index (χ4n) is 1.63. The van der Waals surface area contributed by atoms with Gasteiger partial charge in [0.15, 0.2) is 11.5 Å². The maximum Gasteiger partial charge on any atom is 0.586 e. The van der Waals surface area contributed by atoms with Crippen molar-refractivity contribution in [3.05, 3.63) is 36.4 Å². The highest BCUT2D eigenvalue weighted by atomic mass is 19.3. The molecule has 0 radical (unpaired) electrons. The first-order chi connectivity index (χ1) is 7.14. The Morgan fingerprint density at radius 2 is 1.33 bits per heavy atom. The summed E-state index contributed by atoms with van der Waals surface area (Å²) in [7, 11) is 0. The van der Waals surface area contributed by atoms with Crippen molar-refractivity contribution in [2.24, 2.45) is 0 Å². The minimum Gasteiger partial charge on any atom is -0.395 e. The van der Waals surface area contributed by atoms with Gasteiger partial charge in [-0.25, -0.2) is 0 Å². The molecule has 1 aliphatic rings. The van der Waals surface area contributed by atoms with Gasteiger partial charge in [-0.2, -0.15) is 0 Å². The van der Waals surface area contributed by atoms with E-state index < -0.39 is 6.29 Å². The Balaban J connectivity index is 2.23. The third-order valence-electron chi connectivity index (χ3n) is 2.27. The van der Waals surface area contributed by atoms with E-state index in [1.165, 1.54) is 0 Å². The van der Waals surface area contributed by atoms with Crippen molar-refractivity contribution in [1.82, 2.24) is 0 Å². The lowest BCUT2D eigenvalue weighted by atomic mass is 10.1. The van der Waals surface area contributed by atoms with Gasteiger partial charge >= 0.3 is 6.29 Å². The first kappa shape index (κ1) is 8.47. The molecule has 0 saturated carbocycles. The van der Waals surface area contributed by atoms with Crippen LogP contribution in [-0.4, -0.2) is 6.29 Å². The van der Waals surface area contributed by atoms with E-state index in [1.807, 2.05) is 24.3 Å². The number of fused-ring (bicyclic) bond motifs is 2. The molecule has 2 aromatic rings. The summed E-state index contributed by atoms with van der Waals surface area (Å²) in [5.74, 6) is 0.164. The summed E-state index contributed by atoms with van der Waals surface area (Å²) < 4.78 is 34.2. The van der Waals surface area contributed by atoms with Gasteiger partial charge in [-0.15, -0.1) is 8.78 Å². The highest BCUT2D eigenvalue weighted by Crippen LogP contribution is 2.42. The molecule has 0 unspecified atom stereocenters. The quantitative estimate of drug-likeness (QED) is 0.662. The van der Waals surface area contributed by atoms with Crippen molar-refractivity contribution in [3.63, 3.8) is 0 Å². The van der Waals surface area contributed by atoms with Crippen LogP contribution in [0, 0.1) is 0 Å². The molecule has 0 atom stereocenters. The molecule has 1 aliphatic heterocycles. The number of alkyl halides is 2. The smallest absolute Gasteiger partial charge is 0.395 e. The normalized spacial score (nSPS) is 16.9. The summed E-state index contributed by atoms with van der Waals surface area (Å²) in [6, 6.07) is 10.4. The number of ether oxygens (including phenoxy) is 2. The Hall–Kier alpha value is -1.84. The largest absolute Gasteiger partial charge is 0.586 e. The van der Waals surface area contributed by atoms with Crippen LogP contribution in [0.2, 0.25) is 0 Å². The number of rotatable bonds is 0. The molecule has 0 amide bonds. The summed E-state index contributed by atoms with van der Waals surface area (Å²) in [6.45, 7) is 0. The van der Waals surface area contributed by atoms with Crippen LogP contribution >= 0.6 is 0 Å². The monoisotopic (exact) mass is 208 g/mol. The van der Waals surface area contributed by atoms with E-state index in [0.29, 0.717) is 0 Å². The van der Waals surface area contributed by atoms with Gasteiger partial charge in [-0.05, 0) is 22.9 Å². The van der Waals surface area contributed by atoms with E-state index in [2.05, 4.69) is 9.47 Å². The average Bonchev–Trinajstić information content (AvgIpc) is 2.46. The summed E-state index contributed by atoms with van der Waals surface area (Å²) in [5.41, 5.74) is 0. The molecule has 0 N–H and O–H groups in total. The van der Waals surface area contributed by atoms with Gasteiger partial charge < -0.3 is 9.47 Å². The number of benzene rings is 2. The zero-order valence-corrected chi connectivity index (χ0v) is 7.54. The van der Waals surface area contributed by atoms with Crippen LogP contribution < -0.4 is 9.47 Å². The lowest BCUT2D eigenvalue weighted by Gasteiger charge is -2.04. The molecule has 2 nitrogen and oxygen atoms in total. The maximum atomic E-state index is 12.7. The Labute approximate surface area is 84.0 Å². The van der Waals surface area contributed by atoms with E-state index in [-0.39, 0.29) is 11.5 Å². The van der Waals surface area contributed by atoms with Crippen LogP contribution in [0.4, 0.5) is 8.78 Å². The maximum absolute atomic E-state index is 12.7. The van der Waals surface area contributed by atoms with Crippen molar-refractivity contribution < 1.29 is 18.3 Å². The van der Waals surface area contributed by atoms with E-state index in [1.54, 1.807) is 12.1 Å². The van der Waals surface area contributed by atoms with Crippen molar-refractivity contribution in [1.29, 1.82) is 0 Å². The standard InChI is InChI=1S/C11H6F2O2/c12-11(13)14-9-5-7-3-1-2-4-8(7)6-10(9)15-11/h1-6H. The third-order valence-corrected chi connectivity index (χ3v) is 2.27. The van der Waals surface area contributed by atoms with E-state index in [9.17, 15) is 8.78 Å². The number of halogens is 2. The van der Waals surface area contributed by atoms with Crippen LogP contribution in [0.25, 0.3) is 10.8 Å². The van der Waals surface area contributed by atoms with Gasteiger partial charge in [-0.1, -0.05) is 24.3 Å². The third kappa shape index (κ3) is 1.29. The molecule has 0 aliphatic carbocycles. The topological polar surface area (TPSA) is 18.5 Å². The van der Waals surface area contributed by atoms with Crippen molar-refractivity contribution in [2.75, 3.05) is 0 Å². The summed E-state index contributed by atoms with van der Waals surface area (Å²) >= 11 is 0. The van der Waals surface area contributed by atoms with E-state index in [4.69, 9.17) is 0 Å². The molecule has 76 valence electrons. The van der Waals surface area contributed by atoms with Crippen LogP contribution in [-0.2, 0) is 0 Å². The molecule has 0 saturated heterocycles. The zero-order chi connectivity index (χ0) is 10.5. The average molecular weight is 208 g/mol. The van der Waals surface area contributed by atoms with Crippen molar-refractivity contribution in [2.45, 2.75) is 6.29 Å². The van der Waals surface area contributed by atoms with Crippen LogP contribution in [0.5, 0.6) is 11.5 Å². The molecule has 2 aromatic carbocycles. The highest BCUT2D eigenvalue weighted by Gasteiger charge is 2.43. The lowest BCUT2D eigenvalue weighted by Crippen LogP contribution is -2.25. The fraction of sp³-hybridized carbons (Fsp3) is 0.0909. The van der Waals surface area contributed by atoms with Gasteiger partial charge in [0.2, 0.25) is 0 Å². The first-order valence-electron chi connectivity index (χ1n) is 4.43. The van der Waals surface area contributed by atoms with Crippen molar-refractivity contribution in [3.8, 4) is 11.5 Å². The van der Waals surface area contributed by atoms with E-state index in [0.717, 1.165) is 10.8 Å². The first-order valence-corrected chi connectivity index (χ1v) is 4.43. The fourth-order valence-corrected chi connectivity index (χ4v) is 1.63. The molecule has 0 bridgehead atoms. The minimum absolute atomic E-state index is 0.0821. The van der Waals surface area contributed by atoms with Crippen molar-refractivity contribution >= 4 is 10.8 Å². The Kier molecular flexibility index (Phi) is 1.46. The molecule has 0 fully saturated rings. The Morgan fingerprint density at radius 1 is 0.867 bits per heavy atom. The molecule has 0 aromatic heterocycles. The molecular formula is C11H6F2O2. The number of hydrogen-bond donors (Lipinski definition) is 0. The second-order valence-electron chi connectivity index (χ2n) is 3.31. The van der Waals surface area contributed by atoms with Crippen LogP contribution in [0.3, 0.4) is 0 Å². The number of hydrogen-bond acceptors (Lipinski definition) is 2. The minimum atomic E-state index is -3.54. The molecule has 0 spiro atoms. The summed E-state index contributed by atoms with van der Waals surface area (Å²) in [6.07, 6.45) is -3.54. The highest BCUT2D eigenvalue weighted by molar-refractivity contribution is 5.86. The molecular weight excluding hydrogens is 202 g/mol. The van der Waals surface area contributed by atoms with Gasteiger partial charge in [0.05, 0.1) is 0 Å². The molecule has 3 rings (SSSR count). The molecule has 15 heavy (non-hydrogen) atoms. The summed E-state index contributed by atoms with van der Waals surface area (Å²) in [4.78, 5) is 0. The second kappa shape index (κ2) is 2.59. The van der Waals surface area contributed by atoms with E-state index >= 15 is 0 Å². The van der Waals surface area contributed by atoms with Crippen LogP contribution in [0.1, 0.15) is 0 Å².